The Morgan fingerprint density at radius 2 is 2.06 bits per heavy atom. The minimum atomic E-state index is -0.557. The fourth-order valence-corrected chi connectivity index (χ4v) is 2.28. The average molecular weight is 249 g/mol. The molecule has 0 unspecified atom stereocenters. The molecule has 0 aromatic heterocycles. The van der Waals surface area contributed by atoms with Crippen LogP contribution in [-0.2, 0) is 10.3 Å². The molecule has 1 saturated carbocycles. The summed E-state index contributed by atoms with van der Waals surface area (Å²) in [6.45, 7) is 0. The number of hydrogen-bond donors (Lipinski definition) is 1. The molecule has 0 saturated heterocycles. The maximum absolute atomic E-state index is 10.5. The summed E-state index contributed by atoms with van der Waals surface area (Å²) in [5, 5.41) is 9.91. The van der Waals surface area contributed by atoms with E-state index < -0.39 is 5.54 Å². The number of aliphatic imine (C=N–C) groups is 1. The van der Waals surface area contributed by atoms with Crippen molar-refractivity contribution in [3.8, 4) is 17.2 Å². The van der Waals surface area contributed by atoms with Crippen molar-refractivity contribution in [2.45, 2.75) is 24.8 Å². The maximum atomic E-state index is 10.5. The van der Waals surface area contributed by atoms with Gasteiger partial charge in [-0.3, -0.25) is 0 Å². The highest BCUT2D eigenvalue weighted by Crippen LogP contribution is 2.49. The number of benzene rings is 1. The first-order chi connectivity index (χ1) is 8.66. The van der Waals surface area contributed by atoms with Gasteiger partial charge in [0.15, 0.2) is 11.5 Å². The Kier molecular flexibility index (Phi) is 3.26. The fraction of sp³-hybridized carbons (Fsp3) is 0.462. The van der Waals surface area contributed by atoms with Gasteiger partial charge in [0.1, 0.15) is 0 Å². The largest absolute Gasteiger partial charge is 0.504 e. The predicted octanol–water partition coefficient (Wildman–Crippen LogP) is 2.12. The van der Waals surface area contributed by atoms with E-state index in [0.29, 0.717) is 5.75 Å². The smallest absolute Gasteiger partial charge is 0.235 e. The van der Waals surface area contributed by atoms with Crippen LogP contribution in [0.15, 0.2) is 17.1 Å². The summed E-state index contributed by atoms with van der Waals surface area (Å²) in [6.07, 6.45) is 4.17. The van der Waals surface area contributed by atoms with E-state index in [1.807, 2.05) is 0 Å². The lowest BCUT2D eigenvalue weighted by molar-refractivity contribution is 0.252. The second-order valence-electron chi connectivity index (χ2n) is 4.32. The molecule has 0 radical (unpaired) electrons. The third kappa shape index (κ3) is 1.83. The zero-order valence-corrected chi connectivity index (χ0v) is 10.4. The van der Waals surface area contributed by atoms with E-state index in [0.717, 1.165) is 24.8 Å². The quantitative estimate of drug-likeness (QED) is 0.655. The molecule has 0 spiro atoms. The van der Waals surface area contributed by atoms with Crippen LogP contribution >= 0.6 is 0 Å². The monoisotopic (exact) mass is 249 g/mol. The standard InChI is InChI=1S/C13H15NO4/c1-17-11-7-9(6-10(16)12(11)18-2)13(14-8-15)4-3-5-13/h6-7,16H,3-5H2,1-2H3. The van der Waals surface area contributed by atoms with Gasteiger partial charge in [0.2, 0.25) is 11.8 Å². The highest BCUT2D eigenvalue weighted by atomic mass is 16.5. The van der Waals surface area contributed by atoms with Gasteiger partial charge >= 0.3 is 0 Å². The van der Waals surface area contributed by atoms with E-state index in [1.165, 1.54) is 14.2 Å². The summed E-state index contributed by atoms with van der Waals surface area (Å²) in [5.74, 6) is 0.699. The molecule has 0 aliphatic heterocycles. The molecule has 2 rings (SSSR count). The van der Waals surface area contributed by atoms with Gasteiger partial charge in [-0.1, -0.05) is 0 Å². The molecule has 0 bridgehead atoms. The molecular weight excluding hydrogens is 234 g/mol. The molecule has 1 aliphatic rings. The van der Waals surface area contributed by atoms with E-state index in [4.69, 9.17) is 9.47 Å². The highest BCUT2D eigenvalue weighted by molar-refractivity contribution is 5.55. The maximum Gasteiger partial charge on any atom is 0.235 e. The van der Waals surface area contributed by atoms with E-state index in [2.05, 4.69) is 4.99 Å². The Labute approximate surface area is 105 Å². The topological polar surface area (TPSA) is 68.1 Å². The lowest BCUT2D eigenvalue weighted by Gasteiger charge is -2.37. The number of isocyanates is 1. The van der Waals surface area contributed by atoms with Gasteiger partial charge in [-0.05, 0) is 37.0 Å². The lowest BCUT2D eigenvalue weighted by Crippen LogP contribution is -2.31. The number of rotatable bonds is 4. The Morgan fingerprint density at radius 3 is 2.50 bits per heavy atom. The summed E-state index contributed by atoms with van der Waals surface area (Å²) in [5.41, 5.74) is 0.200. The van der Waals surface area contributed by atoms with Crippen molar-refractivity contribution < 1.29 is 19.4 Å². The first-order valence-electron chi connectivity index (χ1n) is 5.71. The van der Waals surface area contributed by atoms with Crippen LogP contribution in [0.2, 0.25) is 0 Å². The summed E-state index contributed by atoms with van der Waals surface area (Å²) in [7, 11) is 2.96. The number of phenols is 1. The molecule has 1 fully saturated rings. The minimum absolute atomic E-state index is 0.0146. The molecule has 1 N–H and O–H groups in total. The van der Waals surface area contributed by atoms with Crippen molar-refractivity contribution in [1.82, 2.24) is 0 Å². The predicted molar refractivity (Wildman–Crippen MR) is 64.9 cm³/mol. The number of hydrogen-bond acceptors (Lipinski definition) is 5. The van der Waals surface area contributed by atoms with Gasteiger partial charge in [0, 0.05) is 0 Å². The van der Waals surface area contributed by atoms with Gasteiger partial charge in [0.05, 0.1) is 19.8 Å². The van der Waals surface area contributed by atoms with Crippen molar-refractivity contribution >= 4 is 6.08 Å². The molecule has 0 amide bonds. The van der Waals surface area contributed by atoms with Crippen LogP contribution in [0.5, 0.6) is 17.2 Å². The molecule has 1 aliphatic carbocycles. The molecule has 5 nitrogen and oxygen atoms in total. The fourth-order valence-electron chi connectivity index (χ4n) is 2.28. The van der Waals surface area contributed by atoms with Gasteiger partial charge in [-0.25, -0.2) is 4.79 Å². The first kappa shape index (κ1) is 12.5. The highest BCUT2D eigenvalue weighted by Gasteiger charge is 2.40. The summed E-state index contributed by atoms with van der Waals surface area (Å²) in [6, 6.07) is 3.32. The molecule has 18 heavy (non-hydrogen) atoms. The van der Waals surface area contributed by atoms with E-state index in [1.54, 1.807) is 18.2 Å². The average Bonchev–Trinajstić information content (AvgIpc) is 2.32. The number of ether oxygens (including phenoxy) is 2. The zero-order valence-electron chi connectivity index (χ0n) is 10.4. The molecule has 0 heterocycles. The van der Waals surface area contributed by atoms with Crippen molar-refractivity contribution in [3.63, 3.8) is 0 Å². The van der Waals surface area contributed by atoms with Crippen molar-refractivity contribution in [2.75, 3.05) is 14.2 Å². The summed E-state index contributed by atoms with van der Waals surface area (Å²) in [4.78, 5) is 14.4. The van der Waals surface area contributed by atoms with E-state index in [9.17, 15) is 9.90 Å². The molecule has 5 heteroatoms. The third-order valence-corrected chi connectivity index (χ3v) is 3.44. The second-order valence-corrected chi connectivity index (χ2v) is 4.32. The number of carbonyl (C=O) groups excluding carboxylic acids is 1. The van der Waals surface area contributed by atoms with Gasteiger partial charge in [-0.15, -0.1) is 0 Å². The molecule has 1 aromatic carbocycles. The molecule has 96 valence electrons. The van der Waals surface area contributed by atoms with E-state index in [-0.39, 0.29) is 11.5 Å². The van der Waals surface area contributed by atoms with E-state index >= 15 is 0 Å². The minimum Gasteiger partial charge on any atom is -0.504 e. The van der Waals surface area contributed by atoms with Gasteiger partial charge in [0.25, 0.3) is 0 Å². The number of nitrogens with zero attached hydrogens (tertiary/aromatic N) is 1. The Morgan fingerprint density at radius 1 is 1.33 bits per heavy atom. The number of phenolic OH excluding ortho intramolecular Hbond substituents is 1. The van der Waals surface area contributed by atoms with Crippen LogP contribution < -0.4 is 9.47 Å². The summed E-state index contributed by atoms with van der Waals surface area (Å²) < 4.78 is 10.2. The van der Waals surface area contributed by atoms with Crippen LogP contribution in [0.4, 0.5) is 0 Å². The van der Waals surface area contributed by atoms with Crippen molar-refractivity contribution in [2.24, 2.45) is 4.99 Å². The Balaban J connectivity index is 2.52. The lowest BCUT2D eigenvalue weighted by atomic mass is 9.72. The van der Waals surface area contributed by atoms with Gasteiger partial charge < -0.3 is 14.6 Å². The van der Waals surface area contributed by atoms with Crippen LogP contribution in [-0.4, -0.2) is 25.4 Å². The number of aromatic hydroxyl groups is 1. The first-order valence-corrected chi connectivity index (χ1v) is 5.71. The Bertz CT molecular complexity index is 502. The van der Waals surface area contributed by atoms with Crippen LogP contribution in [0.1, 0.15) is 24.8 Å². The third-order valence-electron chi connectivity index (χ3n) is 3.44. The second kappa shape index (κ2) is 4.70. The molecule has 1 aromatic rings. The van der Waals surface area contributed by atoms with Gasteiger partial charge in [-0.2, -0.15) is 4.99 Å². The van der Waals surface area contributed by atoms with Crippen LogP contribution in [0.25, 0.3) is 0 Å². The molecular formula is C13H15NO4. The van der Waals surface area contributed by atoms with Crippen LogP contribution in [0, 0.1) is 0 Å². The van der Waals surface area contributed by atoms with Crippen LogP contribution in [0.3, 0.4) is 0 Å². The van der Waals surface area contributed by atoms with Crippen molar-refractivity contribution in [1.29, 1.82) is 0 Å². The number of methoxy groups -OCH3 is 2. The molecule has 0 atom stereocenters. The normalized spacial score (nSPS) is 16.3. The summed E-state index contributed by atoms with van der Waals surface area (Å²) >= 11 is 0. The SMILES string of the molecule is COc1cc(C2(N=C=O)CCC2)cc(O)c1OC. The van der Waals surface area contributed by atoms with Crippen molar-refractivity contribution in [3.05, 3.63) is 17.7 Å². The zero-order chi connectivity index (χ0) is 13.2. The Hall–Kier alpha value is -2.00.